The fraction of sp³-hybridized carbons (Fsp3) is 0.250. The van der Waals surface area contributed by atoms with Gasteiger partial charge in [0.2, 0.25) is 0 Å². The van der Waals surface area contributed by atoms with Crippen LogP contribution in [0, 0.1) is 6.92 Å². The lowest BCUT2D eigenvalue weighted by Gasteiger charge is -2.08. The first-order valence-electron chi connectivity index (χ1n) is 5.61. The van der Waals surface area contributed by atoms with Gasteiger partial charge in [-0.25, -0.2) is 8.42 Å². The summed E-state index contributed by atoms with van der Waals surface area (Å²) < 4.78 is 28.6. The maximum Gasteiger partial charge on any atom is 0.263 e. The highest BCUT2D eigenvalue weighted by molar-refractivity contribution is 7.92. The molecule has 0 saturated heterocycles. The van der Waals surface area contributed by atoms with Crippen LogP contribution < -0.4 is 4.72 Å². The molecule has 102 valence electrons. The van der Waals surface area contributed by atoms with Crippen LogP contribution in [-0.2, 0) is 23.0 Å². The van der Waals surface area contributed by atoms with E-state index in [4.69, 9.17) is 11.6 Å². The Balaban J connectivity index is 2.37. The zero-order valence-corrected chi connectivity index (χ0v) is 12.2. The van der Waals surface area contributed by atoms with Crippen molar-refractivity contribution in [2.75, 3.05) is 4.72 Å². The molecule has 1 aromatic carbocycles. The third kappa shape index (κ3) is 2.90. The van der Waals surface area contributed by atoms with Gasteiger partial charge < -0.3 is 0 Å². The molecular weight excluding hydrogens is 286 g/mol. The monoisotopic (exact) mass is 299 g/mol. The highest BCUT2D eigenvalue weighted by atomic mass is 35.5. The molecule has 1 heterocycles. The van der Waals surface area contributed by atoms with Crippen LogP contribution in [0.5, 0.6) is 0 Å². The minimum absolute atomic E-state index is 0.137. The third-order valence-electron chi connectivity index (χ3n) is 2.76. The van der Waals surface area contributed by atoms with Crippen molar-refractivity contribution < 1.29 is 8.42 Å². The fourth-order valence-corrected chi connectivity index (χ4v) is 3.22. The molecule has 0 aliphatic rings. The topological polar surface area (TPSA) is 64.0 Å². The smallest absolute Gasteiger partial charge is 0.263 e. The SMILES string of the molecule is Cc1cc(NS(=O)(=O)c2ccccc2CCl)nn1C. The third-order valence-corrected chi connectivity index (χ3v) is 4.50. The second kappa shape index (κ2) is 5.22. The Morgan fingerprint density at radius 2 is 2.05 bits per heavy atom. The highest BCUT2D eigenvalue weighted by Gasteiger charge is 2.19. The molecule has 0 atom stereocenters. The molecule has 7 heteroatoms. The Labute approximate surface area is 117 Å². The van der Waals surface area contributed by atoms with Gasteiger partial charge in [0, 0.05) is 24.7 Å². The molecule has 5 nitrogen and oxygen atoms in total. The van der Waals surface area contributed by atoms with Crippen molar-refractivity contribution in [1.29, 1.82) is 0 Å². The molecule has 0 unspecified atom stereocenters. The maximum absolute atomic E-state index is 12.3. The summed E-state index contributed by atoms with van der Waals surface area (Å²) in [5, 5.41) is 4.07. The normalized spacial score (nSPS) is 11.5. The van der Waals surface area contributed by atoms with Gasteiger partial charge in [-0.05, 0) is 18.6 Å². The van der Waals surface area contributed by atoms with E-state index in [1.165, 1.54) is 6.07 Å². The number of aromatic nitrogens is 2. The van der Waals surface area contributed by atoms with E-state index in [0.717, 1.165) is 5.69 Å². The zero-order chi connectivity index (χ0) is 14.0. The number of nitrogens with one attached hydrogen (secondary N) is 1. The summed E-state index contributed by atoms with van der Waals surface area (Å²) in [6.07, 6.45) is 0. The number of hydrogen-bond acceptors (Lipinski definition) is 3. The van der Waals surface area contributed by atoms with Crippen molar-refractivity contribution in [3.63, 3.8) is 0 Å². The molecule has 1 aromatic heterocycles. The van der Waals surface area contributed by atoms with Gasteiger partial charge in [-0.1, -0.05) is 18.2 Å². The van der Waals surface area contributed by atoms with E-state index in [9.17, 15) is 8.42 Å². The highest BCUT2D eigenvalue weighted by Crippen LogP contribution is 2.20. The summed E-state index contributed by atoms with van der Waals surface area (Å²) in [5.41, 5.74) is 1.42. The van der Waals surface area contributed by atoms with Crippen LogP contribution >= 0.6 is 11.6 Å². The Morgan fingerprint density at radius 1 is 1.37 bits per heavy atom. The molecule has 0 fully saturated rings. The van der Waals surface area contributed by atoms with Crippen molar-refractivity contribution >= 4 is 27.4 Å². The molecule has 0 saturated carbocycles. The predicted molar refractivity (Wildman–Crippen MR) is 74.8 cm³/mol. The first-order valence-corrected chi connectivity index (χ1v) is 7.63. The second-order valence-corrected chi connectivity index (χ2v) is 6.06. The first kappa shape index (κ1) is 13.9. The fourth-order valence-electron chi connectivity index (χ4n) is 1.68. The van der Waals surface area contributed by atoms with Crippen molar-refractivity contribution in [3.8, 4) is 0 Å². The van der Waals surface area contributed by atoms with Crippen molar-refractivity contribution in [2.24, 2.45) is 7.05 Å². The molecule has 2 aromatic rings. The second-order valence-electron chi connectivity index (χ2n) is 4.14. The molecule has 0 amide bonds. The van der Waals surface area contributed by atoms with Crippen LogP contribution in [0.3, 0.4) is 0 Å². The van der Waals surface area contributed by atoms with Gasteiger partial charge in [0.15, 0.2) is 5.82 Å². The molecule has 0 spiro atoms. The summed E-state index contributed by atoms with van der Waals surface area (Å²) in [5.74, 6) is 0.433. The summed E-state index contributed by atoms with van der Waals surface area (Å²) >= 11 is 5.76. The molecule has 2 rings (SSSR count). The van der Waals surface area contributed by atoms with Crippen LogP contribution in [0.15, 0.2) is 35.2 Å². The van der Waals surface area contributed by atoms with Crippen LogP contribution in [0.4, 0.5) is 5.82 Å². The van der Waals surface area contributed by atoms with E-state index >= 15 is 0 Å². The molecule has 19 heavy (non-hydrogen) atoms. The molecule has 0 aliphatic carbocycles. The Bertz CT molecular complexity index is 675. The number of halogens is 1. The quantitative estimate of drug-likeness (QED) is 0.881. The number of benzene rings is 1. The summed E-state index contributed by atoms with van der Waals surface area (Å²) in [6.45, 7) is 1.84. The number of aryl methyl sites for hydroxylation is 2. The van der Waals surface area contributed by atoms with E-state index in [0.29, 0.717) is 11.4 Å². The zero-order valence-electron chi connectivity index (χ0n) is 10.6. The number of rotatable bonds is 4. The standard InChI is InChI=1S/C12H14ClN3O2S/c1-9-7-12(14-16(9)2)15-19(17,18)11-6-4-3-5-10(11)8-13/h3-7H,8H2,1-2H3,(H,14,15). The average Bonchev–Trinajstić information content (AvgIpc) is 2.67. The molecular formula is C12H14ClN3O2S. The van der Waals surface area contributed by atoms with E-state index < -0.39 is 10.0 Å². The first-order chi connectivity index (χ1) is 8.94. The minimum atomic E-state index is -3.67. The molecule has 1 N–H and O–H groups in total. The van der Waals surface area contributed by atoms with E-state index in [1.807, 2.05) is 6.92 Å². The Hall–Kier alpha value is -1.53. The number of anilines is 1. The van der Waals surface area contributed by atoms with Gasteiger partial charge in [-0.3, -0.25) is 9.40 Å². The lowest BCUT2D eigenvalue weighted by Crippen LogP contribution is -2.15. The average molecular weight is 300 g/mol. The van der Waals surface area contributed by atoms with Gasteiger partial charge in [0.05, 0.1) is 4.90 Å². The van der Waals surface area contributed by atoms with Crippen molar-refractivity contribution in [3.05, 3.63) is 41.6 Å². The number of hydrogen-bond donors (Lipinski definition) is 1. The molecule has 0 radical (unpaired) electrons. The molecule has 0 bridgehead atoms. The van der Waals surface area contributed by atoms with E-state index in [1.54, 1.807) is 36.0 Å². The van der Waals surface area contributed by atoms with Gasteiger partial charge >= 0.3 is 0 Å². The van der Waals surface area contributed by atoms with E-state index in [2.05, 4.69) is 9.82 Å². The van der Waals surface area contributed by atoms with Crippen LogP contribution in [-0.4, -0.2) is 18.2 Å². The van der Waals surface area contributed by atoms with Crippen molar-refractivity contribution in [1.82, 2.24) is 9.78 Å². The Morgan fingerprint density at radius 3 is 2.63 bits per heavy atom. The number of nitrogens with zero attached hydrogens (tertiary/aromatic N) is 2. The summed E-state index contributed by atoms with van der Waals surface area (Å²) in [4.78, 5) is 0.174. The van der Waals surface area contributed by atoms with Crippen LogP contribution in [0.2, 0.25) is 0 Å². The lowest BCUT2D eigenvalue weighted by molar-refractivity contribution is 0.600. The van der Waals surface area contributed by atoms with Crippen LogP contribution in [0.1, 0.15) is 11.3 Å². The van der Waals surface area contributed by atoms with E-state index in [-0.39, 0.29) is 10.8 Å². The number of alkyl halides is 1. The maximum atomic E-state index is 12.3. The number of sulfonamides is 1. The predicted octanol–water partition coefficient (Wildman–Crippen LogP) is 2.27. The lowest BCUT2D eigenvalue weighted by atomic mass is 10.2. The van der Waals surface area contributed by atoms with Gasteiger partial charge in [0.25, 0.3) is 10.0 Å². The molecule has 0 aliphatic heterocycles. The van der Waals surface area contributed by atoms with Crippen LogP contribution in [0.25, 0.3) is 0 Å². The Kier molecular flexibility index (Phi) is 3.82. The minimum Gasteiger partial charge on any atom is -0.271 e. The summed E-state index contributed by atoms with van der Waals surface area (Å²) in [6, 6.07) is 8.29. The van der Waals surface area contributed by atoms with Gasteiger partial charge in [-0.2, -0.15) is 5.10 Å². The largest absolute Gasteiger partial charge is 0.271 e. The van der Waals surface area contributed by atoms with Gasteiger partial charge in [-0.15, -0.1) is 11.6 Å². The summed E-state index contributed by atoms with van der Waals surface area (Å²) in [7, 11) is -1.92. The van der Waals surface area contributed by atoms with Crippen molar-refractivity contribution in [2.45, 2.75) is 17.7 Å². The van der Waals surface area contributed by atoms with Gasteiger partial charge in [0.1, 0.15) is 0 Å².